The van der Waals surface area contributed by atoms with Crippen molar-refractivity contribution >= 4 is 17.6 Å². The summed E-state index contributed by atoms with van der Waals surface area (Å²) in [6.07, 6.45) is 0.275. The summed E-state index contributed by atoms with van der Waals surface area (Å²) in [5.41, 5.74) is 3.22. The first-order valence-electron chi connectivity index (χ1n) is 11.5. The lowest BCUT2D eigenvalue weighted by molar-refractivity contribution is 0.0454. The molecule has 2 aromatic rings. The number of hydrogen-bond acceptors (Lipinski definition) is 6. The van der Waals surface area contributed by atoms with Gasteiger partial charge in [0.1, 0.15) is 23.7 Å². The Morgan fingerprint density at radius 1 is 1.21 bits per heavy atom. The molecule has 0 atom stereocenters. The fraction of sp³-hybridized carbons (Fsp3) is 0.407. The highest BCUT2D eigenvalue weighted by Gasteiger charge is 2.29. The van der Waals surface area contributed by atoms with Crippen LogP contribution in [0, 0.1) is 12.8 Å². The number of aryl methyl sites for hydroxylation is 1. The molecule has 0 spiro atoms. The van der Waals surface area contributed by atoms with Gasteiger partial charge in [0.2, 0.25) is 0 Å². The molecule has 7 nitrogen and oxygen atoms in total. The minimum Gasteiger partial charge on any atom is -0.495 e. The fourth-order valence-corrected chi connectivity index (χ4v) is 4.01. The highest BCUT2D eigenvalue weighted by Crippen LogP contribution is 2.44. The predicted octanol–water partition coefficient (Wildman–Crippen LogP) is 6.37. The molecule has 0 aliphatic carbocycles. The van der Waals surface area contributed by atoms with Crippen molar-refractivity contribution in [3.63, 3.8) is 0 Å². The first kappa shape index (κ1) is 25.1. The zero-order valence-corrected chi connectivity index (χ0v) is 20.8. The largest absolute Gasteiger partial charge is 0.495 e. The van der Waals surface area contributed by atoms with Gasteiger partial charge in [-0.25, -0.2) is 9.59 Å². The Hall–Kier alpha value is -3.48. The normalized spacial score (nSPS) is 12.5. The predicted molar refractivity (Wildman–Crippen MR) is 131 cm³/mol. The van der Waals surface area contributed by atoms with Crippen LogP contribution in [0.1, 0.15) is 61.2 Å². The van der Waals surface area contributed by atoms with E-state index < -0.39 is 12.1 Å². The molecule has 0 saturated carbocycles. The number of nitrogens with zero attached hydrogens (tertiary/aromatic N) is 1. The molecule has 34 heavy (non-hydrogen) atoms. The van der Waals surface area contributed by atoms with Gasteiger partial charge in [-0.05, 0) is 68.5 Å². The fourth-order valence-electron chi connectivity index (χ4n) is 4.01. The number of allylic oxidation sites excluding steroid dienone is 1. The van der Waals surface area contributed by atoms with Gasteiger partial charge in [0.05, 0.1) is 7.11 Å². The van der Waals surface area contributed by atoms with Gasteiger partial charge in [0.15, 0.2) is 11.5 Å². The second-order valence-corrected chi connectivity index (χ2v) is 8.69. The van der Waals surface area contributed by atoms with Gasteiger partial charge in [-0.1, -0.05) is 20.4 Å². The maximum Gasteiger partial charge on any atom is 0.415 e. The molecular formula is C27H33NO6. The van der Waals surface area contributed by atoms with Gasteiger partial charge < -0.3 is 23.8 Å². The van der Waals surface area contributed by atoms with Crippen molar-refractivity contribution in [1.82, 2.24) is 4.90 Å². The summed E-state index contributed by atoms with van der Waals surface area (Å²) >= 11 is 0. The summed E-state index contributed by atoms with van der Waals surface area (Å²) in [5, 5.41) is 0. The van der Waals surface area contributed by atoms with Gasteiger partial charge in [-0.2, -0.15) is 0 Å². The zero-order chi connectivity index (χ0) is 25.0. The molecular weight excluding hydrogens is 434 g/mol. The molecule has 3 rings (SSSR count). The molecule has 0 bridgehead atoms. The van der Waals surface area contributed by atoms with Crippen LogP contribution in [-0.4, -0.2) is 37.2 Å². The van der Waals surface area contributed by atoms with E-state index in [4.69, 9.17) is 18.9 Å². The van der Waals surface area contributed by atoms with Crippen molar-refractivity contribution in [1.29, 1.82) is 0 Å². The van der Waals surface area contributed by atoms with Gasteiger partial charge >= 0.3 is 12.1 Å². The number of ether oxygens (including phenoxy) is 4. The number of cyclic esters (lactones) is 1. The maximum absolute atomic E-state index is 13.1. The molecule has 2 aromatic carbocycles. The average molecular weight is 468 g/mol. The minimum absolute atomic E-state index is 0.0363. The number of carbonyl (C=O) groups is 2. The molecule has 0 saturated heterocycles. The van der Waals surface area contributed by atoms with E-state index in [9.17, 15) is 9.59 Å². The first-order valence-corrected chi connectivity index (χ1v) is 11.5. The molecule has 7 heteroatoms. The summed E-state index contributed by atoms with van der Waals surface area (Å²) in [4.78, 5) is 27.3. The van der Waals surface area contributed by atoms with Crippen LogP contribution in [0.4, 0.5) is 4.79 Å². The topological polar surface area (TPSA) is 74.3 Å². The van der Waals surface area contributed by atoms with Crippen LogP contribution in [0.2, 0.25) is 0 Å². The van der Waals surface area contributed by atoms with Crippen LogP contribution in [-0.2, 0) is 11.3 Å². The van der Waals surface area contributed by atoms with E-state index in [0.717, 1.165) is 23.1 Å². The molecule has 1 amide bonds. The third-order valence-electron chi connectivity index (χ3n) is 5.63. The van der Waals surface area contributed by atoms with E-state index in [-0.39, 0.29) is 23.7 Å². The van der Waals surface area contributed by atoms with Crippen molar-refractivity contribution in [2.45, 2.75) is 47.6 Å². The van der Waals surface area contributed by atoms with Crippen molar-refractivity contribution in [3.05, 3.63) is 53.1 Å². The highest BCUT2D eigenvalue weighted by atomic mass is 16.6. The molecule has 0 unspecified atom stereocenters. The third kappa shape index (κ3) is 5.19. The molecule has 0 N–H and O–H groups in total. The number of hydrogen-bond donors (Lipinski definition) is 0. The number of carbonyl (C=O) groups excluding carboxylic acids is 2. The number of amides is 1. The molecule has 0 aromatic heterocycles. The lowest BCUT2D eigenvalue weighted by Crippen LogP contribution is -2.33. The van der Waals surface area contributed by atoms with E-state index in [1.807, 2.05) is 32.9 Å². The Morgan fingerprint density at radius 3 is 2.53 bits per heavy atom. The Morgan fingerprint density at radius 2 is 1.91 bits per heavy atom. The molecule has 0 fully saturated rings. The van der Waals surface area contributed by atoms with Crippen molar-refractivity contribution in [2.75, 3.05) is 20.2 Å². The number of fused-ring (bicyclic) bond motifs is 2. The monoisotopic (exact) mass is 467 g/mol. The van der Waals surface area contributed by atoms with Crippen LogP contribution in [0.5, 0.6) is 23.0 Å². The van der Waals surface area contributed by atoms with Crippen molar-refractivity contribution < 1.29 is 28.5 Å². The highest BCUT2D eigenvalue weighted by molar-refractivity contribution is 5.98. The first-order chi connectivity index (χ1) is 16.2. The lowest BCUT2D eigenvalue weighted by atomic mass is 9.95. The lowest BCUT2D eigenvalue weighted by Gasteiger charge is -2.24. The molecule has 1 aliphatic heterocycles. The Labute approximate surface area is 201 Å². The Balaban J connectivity index is 2.10. The quantitative estimate of drug-likeness (QED) is 0.441. The second kappa shape index (κ2) is 10.6. The van der Waals surface area contributed by atoms with Gasteiger partial charge in [-0.3, -0.25) is 0 Å². The van der Waals surface area contributed by atoms with E-state index in [1.54, 1.807) is 17.0 Å². The number of esters is 1. The van der Waals surface area contributed by atoms with E-state index in [1.165, 1.54) is 7.11 Å². The van der Waals surface area contributed by atoms with Crippen molar-refractivity contribution in [2.24, 2.45) is 5.92 Å². The molecule has 1 heterocycles. The molecule has 182 valence electrons. The summed E-state index contributed by atoms with van der Waals surface area (Å²) in [5.74, 6) is 1.04. The SMILES string of the molecule is C=C(CC(C)C)c1ccc2c(c1OC)C(=O)OCc1cc(C)cc(OC(=O)N(CC)CC)c1O2. The molecule has 1 aliphatic rings. The summed E-state index contributed by atoms with van der Waals surface area (Å²) in [6, 6.07) is 7.11. The summed E-state index contributed by atoms with van der Waals surface area (Å²) < 4.78 is 23.2. The van der Waals surface area contributed by atoms with E-state index >= 15 is 0 Å². The smallest absolute Gasteiger partial charge is 0.415 e. The summed E-state index contributed by atoms with van der Waals surface area (Å²) in [6.45, 7) is 15.0. The standard InChI is InChI=1S/C27H33NO6/c1-8-28(9-2)27(30)34-22-14-17(5)13-19-15-32-26(29)23-21(33-24(19)22)11-10-20(25(23)31-7)18(6)12-16(3)4/h10-11,13-14,16H,6,8-9,12,15H2,1-5,7H3. The van der Waals surface area contributed by atoms with Gasteiger partial charge in [0, 0.05) is 24.2 Å². The van der Waals surface area contributed by atoms with E-state index in [0.29, 0.717) is 36.1 Å². The Kier molecular flexibility index (Phi) is 7.87. The van der Waals surface area contributed by atoms with E-state index in [2.05, 4.69) is 20.4 Å². The van der Waals surface area contributed by atoms with Gasteiger partial charge in [0.25, 0.3) is 0 Å². The zero-order valence-electron chi connectivity index (χ0n) is 20.8. The number of benzene rings is 2. The van der Waals surface area contributed by atoms with Crippen molar-refractivity contribution in [3.8, 4) is 23.0 Å². The van der Waals surface area contributed by atoms with Crippen LogP contribution in [0.15, 0.2) is 30.8 Å². The number of methoxy groups -OCH3 is 1. The van der Waals surface area contributed by atoms with Crippen LogP contribution in [0.25, 0.3) is 5.57 Å². The van der Waals surface area contributed by atoms with Gasteiger partial charge in [-0.15, -0.1) is 0 Å². The van der Waals surface area contributed by atoms with Crippen LogP contribution in [0.3, 0.4) is 0 Å². The minimum atomic E-state index is -0.556. The average Bonchev–Trinajstić information content (AvgIpc) is 2.77. The summed E-state index contributed by atoms with van der Waals surface area (Å²) in [7, 11) is 1.50. The maximum atomic E-state index is 13.1. The number of rotatable bonds is 7. The third-order valence-corrected chi connectivity index (χ3v) is 5.63. The Bertz CT molecular complexity index is 1100. The second-order valence-electron chi connectivity index (χ2n) is 8.69. The molecule has 0 radical (unpaired) electrons. The van der Waals surface area contributed by atoms with Crippen LogP contribution >= 0.6 is 0 Å². The van der Waals surface area contributed by atoms with Crippen LogP contribution < -0.4 is 14.2 Å².